The van der Waals surface area contributed by atoms with E-state index in [1.165, 1.54) is 0 Å². The lowest BCUT2D eigenvalue weighted by Gasteiger charge is -2.33. The average molecular weight is 278 g/mol. The van der Waals surface area contributed by atoms with Crippen LogP contribution >= 0.6 is 11.6 Å². The van der Waals surface area contributed by atoms with Crippen LogP contribution in [0.4, 0.5) is 5.69 Å². The van der Waals surface area contributed by atoms with Crippen LogP contribution in [0.3, 0.4) is 0 Å². The first-order valence-electron chi connectivity index (χ1n) is 5.75. The molecule has 1 aliphatic rings. The van der Waals surface area contributed by atoms with Gasteiger partial charge in [-0.25, -0.2) is 0 Å². The van der Waals surface area contributed by atoms with Crippen molar-refractivity contribution in [1.29, 1.82) is 5.26 Å². The third-order valence-corrected chi connectivity index (χ3v) is 3.47. The number of anilines is 1. The summed E-state index contributed by atoms with van der Waals surface area (Å²) in [6.07, 6.45) is 0. The van der Waals surface area contributed by atoms with Gasteiger partial charge in [-0.1, -0.05) is 17.7 Å². The molecule has 1 fully saturated rings. The smallest absolute Gasteiger partial charge is 0.249 e. The van der Waals surface area contributed by atoms with Gasteiger partial charge in [0.15, 0.2) is 0 Å². The molecule has 0 atom stereocenters. The SMILES string of the molecule is Cc1c(Cl)cccc1N1CC(=O)N(CC#N)C(=O)C1. The number of piperazine rings is 1. The molecule has 0 unspecified atom stereocenters. The van der Waals surface area contributed by atoms with E-state index < -0.39 is 0 Å². The Bertz CT molecular complexity index is 562. The van der Waals surface area contributed by atoms with Gasteiger partial charge in [-0.3, -0.25) is 14.5 Å². The molecule has 5 nitrogen and oxygen atoms in total. The van der Waals surface area contributed by atoms with Crippen LogP contribution in [0.15, 0.2) is 18.2 Å². The predicted octanol–water partition coefficient (Wildman–Crippen LogP) is 1.35. The summed E-state index contributed by atoms with van der Waals surface area (Å²) in [5, 5.41) is 9.18. The highest BCUT2D eigenvalue weighted by Crippen LogP contribution is 2.27. The summed E-state index contributed by atoms with van der Waals surface area (Å²) in [5.41, 5.74) is 1.60. The molecule has 0 saturated carbocycles. The van der Waals surface area contributed by atoms with E-state index in [2.05, 4.69) is 0 Å². The van der Waals surface area contributed by atoms with Crippen LogP contribution in [0.2, 0.25) is 5.02 Å². The van der Waals surface area contributed by atoms with Crippen molar-refractivity contribution in [3.05, 3.63) is 28.8 Å². The number of amides is 2. The number of benzene rings is 1. The first kappa shape index (κ1) is 13.4. The molecule has 98 valence electrons. The number of imide groups is 1. The molecule has 0 radical (unpaired) electrons. The molecule has 0 bridgehead atoms. The molecular formula is C13H12ClN3O2. The number of nitrogens with zero attached hydrogens (tertiary/aromatic N) is 3. The van der Waals surface area contributed by atoms with E-state index in [0.29, 0.717) is 5.02 Å². The maximum Gasteiger partial charge on any atom is 0.249 e. The van der Waals surface area contributed by atoms with Crippen molar-refractivity contribution in [2.75, 3.05) is 24.5 Å². The largest absolute Gasteiger partial charge is 0.353 e. The summed E-state index contributed by atoms with van der Waals surface area (Å²) in [4.78, 5) is 26.4. The summed E-state index contributed by atoms with van der Waals surface area (Å²) < 4.78 is 0. The van der Waals surface area contributed by atoms with Gasteiger partial charge in [-0.2, -0.15) is 5.26 Å². The second-order valence-corrected chi connectivity index (χ2v) is 4.68. The minimum atomic E-state index is -0.364. The Labute approximate surface area is 116 Å². The van der Waals surface area contributed by atoms with Gasteiger partial charge in [0.25, 0.3) is 0 Å². The topological polar surface area (TPSA) is 64.4 Å². The second kappa shape index (κ2) is 5.29. The van der Waals surface area contributed by atoms with E-state index in [-0.39, 0.29) is 31.4 Å². The van der Waals surface area contributed by atoms with E-state index in [9.17, 15) is 9.59 Å². The van der Waals surface area contributed by atoms with Crippen molar-refractivity contribution in [2.24, 2.45) is 0 Å². The Balaban J connectivity index is 2.26. The molecule has 6 heteroatoms. The molecule has 1 aromatic carbocycles. The van der Waals surface area contributed by atoms with Gasteiger partial charge in [0.05, 0.1) is 19.2 Å². The maximum absolute atomic E-state index is 11.9. The zero-order valence-corrected chi connectivity index (χ0v) is 11.1. The van der Waals surface area contributed by atoms with Gasteiger partial charge in [-0.15, -0.1) is 0 Å². The number of hydrogen-bond donors (Lipinski definition) is 0. The number of carbonyl (C=O) groups excluding carboxylic acids is 2. The highest BCUT2D eigenvalue weighted by molar-refractivity contribution is 6.31. The summed E-state index contributed by atoms with van der Waals surface area (Å²) in [6, 6.07) is 7.18. The third kappa shape index (κ3) is 2.54. The monoisotopic (exact) mass is 277 g/mol. The quantitative estimate of drug-likeness (QED) is 0.605. The molecule has 0 spiro atoms. The zero-order chi connectivity index (χ0) is 14.0. The molecule has 1 heterocycles. The first-order chi connectivity index (χ1) is 9.04. The lowest BCUT2D eigenvalue weighted by molar-refractivity contribution is -0.144. The summed E-state index contributed by atoms with van der Waals surface area (Å²) in [5.74, 6) is -0.727. The minimum absolute atomic E-state index is 0.0780. The molecule has 1 saturated heterocycles. The van der Waals surface area contributed by atoms with Crippen LogP contribution < -0.4 is 4.90 Å². The van der Waals surface area contributed by atoms with Crippen LogP contribution in [0.1, 0.15) is 5.56 Å². The van der Waals surface area contributed by atoms with Gasteiger partial charge in [0.1, 0.15) is 6.54 Å². The average Bonchev–Trinajstić information content (AvgIpc) is 2.37. The molecule has 0 N–H and O–H groups in total. The Morgan fingerprint density at radius 2 is 1.95 bits per heavy atom. The number of hydrogen-bond acceptors (Lipinski definition) is 4. The second-order valence-electron chi connectivity index (χ2n) is 4.27. The van der Waals surface area contributed by atoms with Crippen molar-refractivity contribution < 1.29 is 9.59 Å². The molecule has 19 heavy (non-hydrogen) atoms. The van der Waals surface area contributed by atoms with Crippen molar-refractivity contribution in [1.82, 2.24) is 4.90 Å². The zero-order valence-electron chi connectivity index (χ0n) is 10.4. The van der Waals surface area contributed by atoms with Gasteiger partial charge in [-0.05, 0) is 24.6 Å². The molecule has 1 aromatic rings. The standard InChI is InChI=1S/C13H12ClN3O2/c1-9-10(14)3-2-4-11(9)16-7-12(18)17(6-5-15)13(19)8-16/h2-4H,6-8H2,1H3. The van der Waals surface area contributed by atoms with Gasteiger partial charge in [0.2, 0.25) is 11.8 Å². The van der Waals surface area contributed by atoms with Crippen LogP contribution in [0.5, 0.6) is 0 Å². The van der Waals surface area contributed by atoms with Crippen molar-refractivity contribution in [2.45, 2.75) is 6.92 Å². The summed E-state index contributed by atoms with van der Waals surface area (Å²) in [7, 11) is 0. The Morgan fingerprint density at radius 1 is 1.32 bits per heavy atom. The fraction of sp³-hybridized carbons (Fsp3) is 0.308. The predicted molar refractivity (Wildman–Crippen MR) is 70.7 cm³/mol. The van der Waals surface area contributed by atoms with Crippen LogP contribution in [-0.2, 0) is 9.59 Å². The first-order valence-corrected chi connectivity index (χ1v) is 6.12. The highest BCUT2D eigenvalue weighted by Gasteiger charge is 2.31. The third-order valence-electron chi connectivity index (χ3n) is 3.06. The van der Waals surface area contributed by atoms with Crippen molar-refractivity contribution in [3.8, 4) is 6.07 Å². The number of halogens is 1. The van der Waals surface area contributed by atoms with Crippen LogP contribution in [0.25, 0.3) is 0 Å². The molecule has 2 rings (SSSR count). The number of rotatable bonds is 2. The number of nitriles is 1. The highest BCUT2D eigenvalue weighted by atomic mass is 35.5. The van der Waals surface area contributed by atoms with Crippen LogP contribution in [-0.4, -0.2) is 36.3 Å². The lowest BCUT2D eigenvalue weighted by Crippen LogP contribution is -2.54. The molecule has 2 amide bonds. The Hall–Kier alpha value is -2.06. The van der Waals surface area contributed by atoms with E-state index >= 15 is 0 Å². The minimum Gasteiger partial charge on any atom is -0.353 e. The summed E-state index contributed by atoms with van der Waals surface area (Å²) in [6.45, 7) is 1.80. The van der Waals surface area contributed by atoms with Gasteiger partial charge in [0, 0.05) is 10.7 Å². The van der Waals surface area contributed by atoms with Gasteiger partial charge >= 0.3 is 0 Å². The summed E-state index contributed by atoms with van der Waals surface area (Å²) >= 11 is 6.03. The molecule has 0 aromatic heterocycles. The molecule has 0 aliphatic carbocycles. The van der Waals surface area contributed by atoms with E-state index in [4.69, 9.17) is 16.9 Å². The van der Waals surface area contributed by atoms with E-state index in [1.807, 2.05) is 19.1 Å². The van der Waals surface area contributed by atoms with Crippen molar-refractivity contribution >= 4 is 29.1 Å². The maximum atomic E-state index is 11.9. The lowest BCUT2D eigenvalue weighted by atomic mass is 10.1. The fourth-order valence-electron chi connectivity index (χ4n) is 2.05. The Kier molecular flexibility index (Phi) is 3.72. The molecule has 1 aliphatic heterocycles. The normalized spacial score (nSPS) is 15.6. The van der Waals surface area contributed by atoms with E-state index in [0.717, 1.165) is 16.2 Å². The van der Waals surface area contributed by atoms with Crippen molar-refractivity contribution in [3.63, 3.8) is 0 Å². The van der Waals surface area contributed by atoms with Gasteiger partial charge < -0.3 is 4.90 Å². The Morgan fingerprint density at radius 3 is 2.53 bits per heavy atom. The fourth-order valence-corrected chi connectivity index (χ4v) is 2.22. The van der Waals surface area contributed by atoms with E-state index in [1.54, 1.807) is 17.0 Å². The number of carbonyl (C=O) groups is 2. The van der Waals surface area contributed by atoms with Crippen LogP contribution in [0, 0.1) is 18.3 Å². The molecular weight excluding hydrogens is 266 g/mol.